The van der Waals surface area contributed by atoms with Crippen molar-refractivity contribution < 1.29 is 19.4 Å². The molecule has 64 valence electrons. The summed E-state index contributed by atoms with van der Waals surface area (Å²) in [5, 5.41) is 17.3. The van der Waals surface area contributed by atoms with Crippen LogP contribution in [0.2, 0.25) is 0 Å². The lowest BCUT2D eigenvalue weighted by atomic mass is 10.2. The van der Waals surface area contributed by atoms with Crippen molar-refractivity contribution >= 4 is 5.97 Å². The van der Waals surface area contributed by atoms with Crippen molar-refractivity contribution in [3.63, 3.8) is 0 Å². The van der Waals surface area contributed by atoms with E-state index in [0.717, 1.165) is 12.3 Å². The Morgan fingerprint density at radius 3 is 2.67 bits per heavy atom. The van der Waals surface area contributed by atoms with Gasteiger partial charge >= 0.3 is 5.97 Å². The number of rotatable bonds is 2. The second-order valence-electron chi connectivity index (χ2n) is 2.16. The van der Waals surface area contributed by atoms with Crippen molar-refractivity contribution in [3.05, 3.63) is 29.8 Å². The molecule has 1 heterocycles. The predicted molar refractivity (Wildman–Crippen MR) is 36.8 cm³/mol. The average molecular weight is 171 g/mol. The maximum atomic E-state index is 12.2. The molecule has 0 aliphatic heterocycles. The molecule has 1 rings (SSSR count). The molecule has 0 aromatic carbocycles. The number of aliphatic hydroxyl groups excluding tert-OH is 1. The quantitative estimate of drug-likeness (QED) is 0.629. The fourth-order valence-electron chi connectivity index (χ4n) is 0.692. The van der Waals surface area contributed by atoms with Gasteiger partial charge in [0.05, 0.1) is 0 Å². The first-order valence-corrected chi connectivity index (χ1v) is 3.13. The van der Waals surface area contributed by atoms with Crippen LogP contribution in [0.5, 0.6) is 0 Å². The third-order valence-electron chi connectivity index (χ3n) is 1.30. The zero-order valence-corrected chi connectivity index (χ0v) is 5.94. The Morgan fingerprint density at radius 2 is 2.25 bits per heavy atom. The van der Waals surface area contributed by atoms with Crippen LogP contribution in [0.15, 0.2) is 18.3 Å². The molecule has 0 radical (unpaired) electrons. The predicted octanol–water partition coefficient (Wildman–Crippen LogP) is 0.339. The maximum Gasteiger partial charge on any atom is 0.337 e. The summed E-state index contributed by atoms with van der Waals surface area (Å²) in [5.41, 5.74) is 0.0592. The summed E-state index contributed by atoms with van der Waals surface area (Å²) in [4.78, 5) is 13.4. The molecule has 1 aromatic heterocycles. The van der Waals surface area contributed by atoms with Crippen LogP contribution in [0, 0.1) is 5.95 Å². The highest BCUT2D eigenvalue weighted by Crippen LogP contribution is 2.10. The van der Waals surface area contributed by atoms with Gasteiger partial charge in [-0.05, 0) is 12.1 Å². The molecule has 0 spiro atoms. The van der Waals surface area contributed by atoms with E-state index in [4.69, 9.17) is 10.2 Å². The van der Waals surface area contributed by atoms with Crippen LogP contribution in [0.25, 0.3) is 0 Å². The number of carbonyl (C=O) groups is 1. The SMILES string of the molecule is O=C(O)C(O)c1ccc(F)nc1. The van der Waals surface area contributed by atoms with Crippen molar-refractivity contribution in [1.82, 2.24) is 4.98 Å². The van der Waals surface area contributed by atoms with E-state index in [-0.39, 0.29) is 5.56 Å². The summed E-state index contributed by atoms with van der Waals surface area (Å²) < 4.78 is 12.2. The first-order chi connectivity index (χ1) is 5.61. The summed E-state index contributed by atoms with van der Waals surface area (Å²) in [6.45, 7) is 0. The molecule has 0 saturated heterocycles. The molecule has 1 aromatic rings. The number of carboxylic acid groups (broad SMARTS) is 1. The summed E-state index contributed by atoms with van der Waals surface area (Å²) >= 11 is 0. The molecule has 5 heteroatoms. The highest BCUT2D eigenvalue weighted by Gasteiger charge is 2.15. The van der Waals surface area contributed by atoms with Crippen molar-refractivity contribution in [2.45, 2.75) is 6.10 Å². The van der Waals surface area contributed by atoms with Gasteiger partial charge in [-0.1, -0.05) is 0 Å². The summed E-state index contributed by atoms with van der Waals surface area (Å²) in [5.74, 6) is -2.10. The first-order valence-electron chi connectivity index (χ1n) is 3.13. The van der Waals surface area contributed by atoms with E-state index in [1.54, 1.807) is 0 Å². The van der Waals surface area contributed by atoms with Crippen LogP contribution < -0.4 is 0 Å². The molecular formula is C7H6FNO3. The van der Waals surface area contributed by atoms with Gasteiger partial charge in [-0.25, -0.2) is 9.78 Å². The fraction of sp³-hybridized carbons (Fsp3) is 0.143. The minimum Gasteiger partial charge on any atom is -0.479 e. The molecule has 0 aliphatic carbocycles. The van der Waals surface area contributed by atoms with Gasteiger partial charge in [0.2, 0.25) is 5.95 Å². The topological polar surface area (TPSA) is 70.4 Å². The molecule has 1 unspecified atom stereocenters. The molecule has 0 saturated carbocycles. The number of aliphatic hydroxyl groups is 1. The molecular weight excluding hydrogens is 165 g/mol. The molecule has 12 heavy (non-hydrogen) atoms. The van der Waals surface area contributed by atoms with E-state index in [9.17, 15) is 9.18 Å². The van der Waals surface area contributed by atoms with E-state index < -0.39 is 18.0 Å². The van der Waals surface area contributed by atoms with Crippen molar-refractivity contribution in [2.75, 3.05) is 0 Å². The standard InChI is InChI=1S/C7H6FNO3/c8-5-2-1-4(3-9-5)6(10)7(11)12/h1-3,6,10H,(H,11,12). The Balaban J connectivity index is 2.89. The van der Waals surface area contributed by atoms with E-state index in [2.05, 4.69) is 4.98 Å². The number of hydrogen-bond donors (Lipinski definition) is 2. The number of aliphatic carboxylic acids is 1. The largest absolute Gasteiger partial charge is 0.479 e. The zero-order chi connectivity index (χ0) is 9.14. The second kappa shape index (κ2) is 3.27. The normalized spacial score (nSPS) is 12.5. The van der Waals surface area contributed by atoms with Crippen LogP contribution in [-0.2, 0) is 4.79 Å². The minimum atomic E-state index is -1.64. The van der Waals surface area contributed by atoms with E-state index in [1.165, 1.54) is 6.07 Å². The highest BCUT2D eigenvalue weighted by molar-refractivity contribution is 5.73. The molecule has 0 aliphatic rings. The third kappa shape index (κ3) is 1.76. The number of aromatic nitrogens is 1. The van der Waals surface area contributed by atoms with Crippen molar-refractivity contribution in [3.8, 4) is 0 Å². The summed E-state index contributed by atoms with van der Waals surface area (Å²) in [6, 6.07) is 2.16. The smallest absolute Gasteiger partial charge is 0.337 e. The monoisotopic (exact) mass is 171 g/mol. The van der Waals surface area contributed by atoms with Gasteiger partial charge in [-0.2, -0.15) is 4.39 Å². The number of pyridine rings is 1. The number of halogens is 1. The molecule has 2 N–H and O–H groups in total. The van der Waals surface area contributed by atoms with Gasteiger partial charge in [0.25, 0.3) is 0 Å². The number of carboxylic acids is 1. The van der Waals surface area contributed by atoms with Gasteiger partial charge in [-0.3, -0.25) is 0 Å². The Bertz CT molecular complexity index is 285. The first kappa shape index (κ1) is 8.61. The molecule has 0 amide bonds. The Morgan fingerprint density at radius 1 is 1.58 bits per heavy atom. The number of nitrogens with zero attached hydrogens (tertiary/aromatic N) is 1. The van der Waals surface area contributed by atoms with Crippen LogP contribution in [0.4, 0.5) is 4.39 Å². The average Bonchev–Trinajstić information content (AvgIpc) is 2.04. The van der Waals surface area contributed by atoms with Gasteiger partial charge < -0.3 is 10.2 Å². The fourth-order valence-corrected chi connectivity index (χ4v) is 0.692. The lowest BCUT2D eigenvalue weighted by molar-refractivity contribution is -0.146. The lowest BCUT2D eigenvalue weighted by Crippen LogP contribution is -2.10. The molecule has 0 fully saturated rings. The van der Waals surface area contributed by atoms with Gasteiger partial charge in [0.1, 0.15) is 0 Å². The minimum absolute atomic E-state index is 0.0592. The second-order valence-corrected chi connectivity index (χ2v) is 2.16. The molecule has 4 nitrogen and oxygen atoms in total. The van der Waals surface area contributed by atoms with E-state index >= 15 is 0 Å². The van der Waals surface area contributed by atoms with Gasteiger partial charge in [0, 0.05) is 11.8 Å². The van der Waals surface area contributed by atoms with Crippen LogP contribution in [0.1, 0.15) is 11.7 Å². The van der Waals surface area contributed by atoms with Gasteiger partial charge in [-0.15, -0.1) is 0 Å². The van der Waals surface area contributed by atoms with Gasteiger partial charge in [0.15, 0.2) is 6.10 Å². The molecule has 1 atom stereocenters. The van der Waals surface area contributed by atoms with E-state index in [0.29, 0.717) is 0 Å². The van der Waals surface area contributed by atoms with Crippen LogP contribution >= 0.6 is 0 Å². The van der Waals surface area contributed by atoms with Crippen LogP contribution in [-0.4, -0.2) is 21.2 Å². The van der Waals surface area contributed by atoms with Crippen LogP contribution in [0.3, 0.4) is 0 Å². The Hall–Kier alpha value is -1.49. The summed E-state index contributed by atoms with van der Waals surface area (Å²) in [6.07, 6.45) is -0.660. The lowest BCUT2D eigenvalue weighted by Gasteiger charge is -2.03. The molecule has 0 bridgehead atoms. The zero-order valence-electron chi connectivity index (χ0n) is 5.94. The van der Waals surface area contributed by atoms with E-state index in [1.807, 2.05) is 0 Å². The maximum absolute atomic E-state index is 12.2. The number of hydrogen-bond acceptors (Lipinski definition) is 3. The highest BCUT2D eigenvalue weighted by atomic mass is 19.1. The van der Waals surface area contributed by atoms with Crippen molar-refractivity contribution in [1.29, 1.82) is 0 Å². The Kier molecular flexibility index (Phi) is 2.35. The summed E-state index contributed by atoms with van der Waals surface area (Å²) in [7, 11) is 0. The van der Waals surface area contributed by atoms with Crippen molar-refractivity contribution in [2.24, 2.45) is 0 Å². The Labute approximate surface area is 67.3 Å². The third-order valence-corrected chi connectivity index (χ3v) is 1.30.